The van der Waals surface area contributed by atoms with Crippen LogP contribution < -0.4 is 0 Å². The Balaban J connectivity index is 3.03. The maximum absolute atomic E-state index is 9.68. The first-order valence-corrected chi connectivity index (χ1v) is 2.85. The van der Waals surface area contributed by atoms with Crippen LogP contribution in [0.25, 0.3) is 5.01 Å². The van der Waals surface area contributed by atoms with Gasteiger partial charge in [-0.3, -0.25) is 0 Å². The van der Waals surface area contributed by atoms with E-state index in [1.807, 2.05) is 13.0 Å². The van der Waals surface area contributed by atoms with E-state index in [-0.39, 0.29) is 0 Å². The summed E-state index contributed by atoms with van der Waals surface area (Å²) in [6.45, 7) is 1.84. The van der Waals surface area contributed by atoms with Gasteiger partial charge in [0.1, 0.15) is 0 Å². The lowest BCUT2D eigenvalue weighted by Crippen LogP contribution is -1.83. The predicted octanol–water partition coefficient (Wildman–Crippen LogP) is 1.57. The van der Waals surface area contributed by atoms with Crippen LogP contribution in [-0.4, -0.2) is 4.98 Å². The molecule has 3 heteroatoms. The fraction of sp³-hybridized carbons (Fsp3) is 0.143. The minimum Gasteiger partial charge on any atom is -0.498 e. The van der Waals surface area contributed by atoms with Gasteiger partial charge in [-0.25, -0.2) is 4.98 Å². The molecule has 0 atom stereocenters. The molecular formula is C7H6N2O. The van der Waals surface area contributed by atoms with E-state index in [1.54, 1.807) is 12.1 Å². The summed E-state index contributed by atoms with van der Waals surface area (Å²) in [5.41, 5.74) is 1.34. The molecule has 0 aliphatic rings. The number of hydrogen-bond acceptors (Lipinski definition) is 2. The maximum Gasteiger partial charge on any atom is 0.356 e. The van der Waals surface area contributed by atoms with Gasteiger partial charge in [0.05, 0.1) is 0 Å². The van der Waals surface area contributed by atoms with Crippen molar-refractivity contribution >= 4 is 0 Å². The lowest BCUT2D eigenvalue weighted by atomic mass is 10.3. The first kappa shape index (κ1) is 6.56. The fourth-order valence-corrected chi connectivity index (χ4v) is 0.652. The van der Waals surface area contributed by atoms with E-state index in [9.17, 15) is 5.21 Å². The van der Waals surface area contributed by atoms with E-state index in [0.29, 0.717) is 5.69 Å². The van der Waals surface area contributed by atoms with E-state index >= 15 is 0 Å². The summed E-state index contributed by atoms with van der Waals surface area (Å²) in [5, 5.41) is 12.2. The average Bonchev–Trinajstić information content (AvgIpc) is 1.88. The molecule has 0 aromatic carbocycles. The van der Waals surface area contributed by atoms with Crippen molar-refractivity contribution in [2.75, 3.05) is 0 Å². The smallest absolute Gasteiger partial charge is 0.356 e. The first-order chi connectivity index (χ1) is 4.83. The molecule has 0 saturated heterocycles. The van der Waals surface area contributed by atoms with Crippen molar-refractivity contribution in [3.8, 4) is 6.07 Å². The molecule has 1 aromatic rings. The van der Waals surface area contributed by atoms with Crippen LogP contribution in [0.5, 0.6) is 0 Å². The predicted molar refractivity (Wildman–Crippen MR) is 38.7 cm³/mol. The van der Waals surface area contributed by atoms with Gasteiger partial charge in [-0.05, 0) is 19.1 Å². The number of aryl methyl sites for hydroxylation is 1. The fourth-order valence-electron chi connectivity index (χ4n) is 0.652. The minimum absolute atomic E-state index is 0.481. The Morgan fingerprint density at radius 1 is 1.60 bits per heavy atom. The molecule has 0 unspecified atom stereocenters. The summed E-state index contributed by atoms with van der Waals surface area (Å²) >= 11 is 0. The molecule has 0 amide bonds. The van der Waals surface area contributed by atoms with Crippen LogP contribution in [0.2, 0.25) is 0 Å². The van der Waals surface area contributed by atoms with Crippen LogP contribution in [0.3, 0.4) is 0 Å². The van der Waals surface area contributed by atoms with Gasteiger partial charge in [0.2, 0.25) is 0 Å². The molecule has 1 heterocycles. The highest BCUT2D eigenvalue weighted by molar-refractivity contribution is 5.25. The van der Waals surface area contributed by atoms with Gasteiger partial charge in [-0.2, -0.15) is 0 Å². The van der Waals surface area contributed by atoms with Crippen molar-refractivity contribution in [1.82, 2.24) is 4.98 Å². The van der Waals surface area contributed by atoms with E-state index < -0.39 is 0 Å². The third-order valence-corrected chi connectivity index (χ3v) is 1.05. The summed E-state index contributed by atoms with van der Waals surface area (Å²) in [5.74, 6) is 0. The van der Waals surface area contributed by atoms with Gasteiger partial charge < -0.3 is 5.21 Å². The molecule has 0 aliphatic heterocycles. The third-order valence-electron chi connectivity index (χ3n) is 1.05. The molecule has 1 rings (SSSR count). The Morgan fingerprint density at radius 3 is 3.00 bits per heavy atom. The lowest BCUT2D eigenvalue weighted by molar-refractivity contribution is 1.18. The average molecular weight is 134 g/mol. The second-order valence-electron chi connectivity index (χ2n) is 1.87. The van der Waals surface area contributed by atoms with Gasteiger partial charge in [0, 0.05) is 10.7 Å². The molecule has 10 heavy (non-hydrogen) atoms. The zero-order valence-corrected chi connectivity index (χ0v) is 5.53. The summed E-state index contributed by atoms with van der Waals surface area (Å²) in [6.07, 6.45) is 0. The van der Waals surface area contributed by atoms with Crippen molar-refractivity contribution in [2.45, 2.75) is 6.92 Å². The maximum atomic E-state index is 9.68. The SMILES string of the molecule is Cc1cccc(C#[N+][O-])n1. The van der Waals surface area contributed by atoms with E-state index in [1.165, 1.54) is 0 Å². The van der Waals surface area contributed by atoms with Gasteiger partial charge in [-0.1, -0.05) is 6.07 Å². The van der Waals surface area contributed by atoms with Crippen molar-refractivity contribution in [3.05, 3.63) is 39.8 Å². The summed E-state index contributed by atoms with van der Waals surface area (Å²) in [7, 11) is 0. The minimum atomic E-state index is 0.481. The van der Waals surface area contributed by atoms with Crippen LogP contribution in [0.1, 0.15) is 11.4 Å². The van der Waals surface area contributed by atoms with Crippen LogP contribution in [0.4, 0.5) is 0 Å². The number of rotatable bonds is 0. The Bertz CT molecular complexity index is 285. The molecule has 1 aromatic heterocycles. The number of pyridine rings is 1. The van der Waals surface area contributed by atoms with E-state index in [2.05, 4.69) is 16.1 Å². The standard InChI is InChI=1S/C7H6N2O/c1-6-3-2-4-7(9-6)5-8-10/h2-4H,1H3. The molecule has 0 saturated carbocycles. The highest BCUT2D eigenvalue weighted by Crippen LogP contribution is 1.95. The second-order valence-corrected chi connectivity index (χ2v) is 1.87. The molecule has 3 nitrogen and oxygen atoms in total. The summed E-state index contributed by atoms with van der Waals surface area (Å²) in [6, 6.07) is 7.53. The molecule has 0 aliphatic carbocycles. The second kappa shape index (κ2) is 2.83. The molecule has 0 radical (unpaired) electrons. The molecule has 0 spiro atoms. The first-order valence-electron chi connectivity index (χ1n) is 2.85. The molecule has 0 fully saturated rings. The highest BCUT2D eigenvalue weighted by atomic mass is 16.4. The zero-order valence-electron chi connectivity index (χ0n) is 5.53. The summed E-state index contributed by atoms with van der Waals surface area (Å²) < 4.78 is 0. The van der Waals surface area contributed by atoms with Crippen LogP contribution in [0, 0.1) is 18.2 Å². The van der Waals surface area contributed by atoms with Crippen LogP contribution in [0.15, 0.2) is 18.2 Å². The Morgan fingerprint density at radius 2 is 2.40 bits per heavy atom. The lowest BCUT2D eigenvalue weighted by Gasteiger charge is -1.86. The Kier molecular flexibility index (Phi) is 1.86. The van der Waals surface area contributed by atoms with Crippen molar-refractivity contribution in [3.63, 3.8) is 0 Å². The highest BCUT2D eigenvalue weighted by Gasteiger charge is 1.93. The molecule has 50 valence electrons. The van der Waals surface area contributed by atoms with Gasteiger partial charge in [0.25, 0.3) is 0 Å². The van der Waals surface area contributed by atoms with Gasteiger partial charge >= 0.3 is 6.07 Å². The van der Waals surface area contributed by atoms with E-state index in [4.69, 9.17) is 0 Å². The molecular weight excluding hydrogens is 128 g/mol. The normalized spacial score (nSPS) is 8.10. The van der Waals surface area contributed by atoms with Crippen LogP contribution >= 0.6 is 0 Å². The number of hydrogen-bond donors (Lipinski definition) is 0. The van der Waals surface area contributed by atoms with Gasteiger partial charge in [0.15, 0.2) is 5.69 Å². The van der Waals surface area contributed by atoms with E-state index in [0.717, 1.165) is 5.69 Å². The monoisotopic (exact) mass is 134 g/mol. The van der Waals surface area contributed by atoms with Crippen molar-refractivity contribution in [1.29, 1.82) is 0 Å². The third kappa shape index (κ3) is 1.46. The Hall–Kier alpha value is -1.56. The van der Waals surface area contributed by atoms with Gasteiger partial charge in [-0.15, -0.1) is 0 Å². The summed E-state index contributed by atoms with van der Waals surface area (Å²) in [4.78, 5) is 3.96. The number of aromatic nitrogens is 1. The Labute approximate surface area is 58.7 Å². The molecule has 0 bridgehead atoms. The largest absolute Gasteiger partial charge is 0.498 e. The zero-order chi connectivity index (χ0) is 7.40. The van der Waals surface area contributed by atoms with Crippen molar-refractivity contribution in [2.24, 2.45) is 0 Å². The van der Waals surface area contributed by atoms with Crippen molar-refractivity contribution < 1.29 is 0 Å². The topological polar surface area (TPSA) is 40.3 Å². The number of nitrogens with zero attached hydrogens (tertiary/aromatic N) is 2. The quantitative estimate of drug-likeness (QED) is 0.505. The van der Waals surface area contributed by atoms with Crippen LogP contribution in [-0.2, 0) is 0 Å². The molecule has 0 N–H and O–H groups in total.